The minimum absolute atomic E-state index is 0.156. The fraction of sp³-hybridized carbons (Fsp3) is 0.250. The van der Waals surface area contributed by atoms with Crippen LogP contribution in [-0.4, -0.2) is 24.5 Å². The monoisotopic (exact) mass is 285 g/mol. The maximum absolute atomic E-state index is 11.6. The molecule has 0 aliphatic rings. The number of carbonyl (C=O) groups excluding carboxylic acids is 1. The van der Waals surface area contributed by atoms with Gasteiger partial charge in [0.05, 0.1) is 12.3 Å². The largest absolute Gasteiger partial charge is 0.491 e. The van der Waals surface area contributed by atoms with E-state index in [4.69, 9.17) is 10.5 Å². The van der Waals surface area contributed by atoms with Crippen molar-refractivity contribution in [3.63, 3.8) is 0 Å². The van der Waals surface area contributed by atoms with E-state index in [9.17, 15) is 4.79 Å². The smallest absolute Gasteiger partial charge is 0.251 e. The molecule has 5 nitrogen and oxygen atoms in total. The number of amides is 1. The number of nitrogens with two attached hydrogens (primary N) is 1. The average molecular weight is 285 g/mol. The summed E-state index contributed by atoms with van der Waals surface area (Å²) in [6.07, 6.45) is 5.34. The zero-order valence-electron chi connectivity index (χ0n) is 12.0. The summed E-state index contributed by atoms with van der Waals surface area (Å²) in [4.78, 5) is 15.6. The number of ether oxygens (including phenoxy) is 1. The van der Waals surface area contributed by atoms with Crippen LogP contribution in [0, 0.1) is 0 Å². The fourth-order valence-corrected chi connectivity index (χ4v) is 1.95. The Morgan fingerprint density at radius 2 is 2.05 bits per heavy atom. The molecule has 3 N–H and O–H groups in total. The van der Waals surface area contributed by atoms with E-state index in [0.29, 0.717) is 23.6 Å². The number of hydrogen-bond acceptors (Lipinski definition) is 4. The predicted molar refractivity (Wildman–Crippen MR) is 82.3 cm³/mol. The molecule has 110 valence electrons. The van der Waals surface area contributed by atoms with E-state index >= 15 is 0 Å². The van der Waals surface area contributed by atoms with Gasteiger partial charge in [0.2, 0.25) is 0 Å². The second-order valence-electron chi connectivity index (χ2n) is 4.64. The van der Waals surface area contributed by atoms with E-state index in [0.717, 1.165) is 12.8 Å². The second kappa shape index (κ2) is 7.28. The number of aryl methyl sites for hydroxylation is 1. The molecule has 0 fully saturated rings. The molecule has 0 atom stereocenters. The molecule has 2 aromatic rings. The van der Waals surface area contributed by atoms with Crippen LogP contribution >= 0.6 is 0 Å². The Labute approximate surface area is 124 Å². The highest BCUT2D eigenvalue weighted by Crippen LogP contribution is 2.23. The van der Waals surface area contributed by atoms with Crippen LogP contribution in [0.5, 0.6) is 5.75 Å². The van der Waals surface area contributed by atoms with Gasteiger partial charge in [-0.3, -0.25) is 9.78 Å². The molecule has 1 amide bonds. The van der Waals surface area contributed by atoms with Gasteiger partial charge in [-0.05, 0) is 48.7 Å². The number of nitrogen functional groups attached to an aromatic ring is 1. The molecular weight excluding hydrogens is 266 g/mol. The minimum atomic E-state index is -0.156. The third-order valence-corrected chi connectivity index (χ3v) is 3.12. The molecule has 0 saturated heterocycles. The predicted octanol–water partition coefficient (Wildman–Crippen LogP) is 2.04. The summed E-state index contributed by atoms with van der Waals surface area (Å²) in [6.45, 7) is 0.545. The van der Waals surface area contributed by atoms with Crippen molar-refractivity contribution in [2.45, 2.75) is 12.8 Å². The van der Waals surface area contributed by atoms with Gasteiger partial charge >= 0.3 is 0 Å². The molecule has 2 rings (SSSR count). The lowest BCUT2D eigenvalue weighted by molar-refractivity contribution is 0.0962. The van der Waals surface area contributed by atoms with Crippen molar-refractivity contribution >= 4 is 11.6 Å². The summed E-state index contributed by atoms with van der Waals surface area (Å²) in [7, 11) is 1.59. The Morgan fingerprint density at radius 3 is 2.76 bits per heavy atom. The lowest BCUT2D eigenvalue weighted by Crippen LogP contribution is -2.18. The van der Waals surface area contributed by atoms with Crippen LogP contribution in [0.1, 0.15) is 22.3 Å². The molecule has 21 heavy (non-hydrogen) atoms. The Morgan fingerprint density at radius 1 is 1.29 bits per heavy atom. The Kier molecular flexibility index (Phi) is 5.15. The van der Waals surface area contributed by atoms with Gasteiger partial charge in [-0.15, -0.1) is 0 Å². The Bertz CT molecular complexity index is 600. The van der Waals surface area contributed by atoms with Crippen molar-refractivity contribution in [1.82, 2.24) is 10.3 Å². The van der Waals surface area contributed by atoms with Gasteiger partial charge in [0, 0.05) is 25.0 Å². The van der Waals surface area contributed by atoms with Gasteiger partial charge < -0.3 is 15.8 Å². The van der Waals surface area contributed by atoms with Crippen molar-refractivity contribution in [2.75, 3.05) is 19.4 Å². The highest BCUT2D eigenvalue weighted by molar-refractivity contribution is 5.95. The maximum Gasteiger partial charge on any atom is 0.251 e. The van der Waals surface area contributed by atoms with E-state index in [2.05, 4.69) is 10.3 Å². The Hall–Kier alpha value is -2.56. The van der Waals surface area contributed by atoms with E-state index in [1.54, 1.807) is 37.6 Å². The van der Waals surface area contributed by atoms with E-state index in [-0.39, 0.29) is 5.91 Å². The molecule has 1 aromatic carbocycles. The molecule has 1 heterocycles. The summed E-state index contributed by atoms with van der Waals surface area (Å²) >= 11 is 0. The van der Waals surface area contributed by atoms with Crippen LogP contribution in [0.4, 0.5) is 5.69 Å². The first-order chi connectivity index (χ1) is 10.2. The lowest BCUT2D eigenvalue weighted by atomic mass is 10.1. The minimum Gasteiger partial charge on any atom is -0.491 e. The number of aromatic nitrogens is 1. The van der Waals surface area contributed by atoms with Crippen molar-refractivity contribution in [3.05, 3.63) is 53.9 Å². The number of pyridine rings is 1. The van der Waals surface area contributed by atoms with Gasteiger partial charge in [0.1, 0.15) is 5.75 Å². The molecule has 0 unspecified atom stereocenters. The summed E-state index contributed by atoms with van der Waals surface area (Å²) in [5.41, 5.74) is 8.15. The zero-order chi connectivity index (χ0) is 15.1. The van der Waals surface area contributed by atoms with Crippen molar-refractivity contribution in [2.24, 2.45) is 0 Å². The molecule has 0 radical (unpaired) electrons. The summed E-state index contributed by atoms with van der Waals surface area (Å²) in [6, 6.07) is 9.00. The third-order valence-electron chi connectivity index (χ3n) is 3.12. The van der Waals surface area contributed by atoms with Crippen molar-refractivity contribution in [3.8, 4) is 5.75 Å². The van der Waals surface area contributed by atoms with E-state index in [1.165, 1.54) is 5.56 Å². The van der Waals surface area contributed by atoms with Gasteiger partial charge in [-0.2, -0.15) is 0 Å². The molecular formula is C16H19N3O2. The van der Waals surface area contributed by atoms with Gasteiger partial charge in [0.25, 0.3) is 5.91 Å². The number of rotatable bonds is 6. The first-order valence-corrected chi connectivity index (χ1v) is 6.84. The van der Waals surface area contributed by atoms with Crippen LogP contribution in [0.15, 0.2) is 42.7 Å². The lowest BCUT2D eigenvalue weighted by Gasteiger charge is -2.10. The number of benzene rings is 1. The highest BCUT2D eigenvalue weighted by Gasteiger charge is 2.07. The molecule has 0 bridgehead atoms. The van der Waals surface area contributed by atoms with Gasteiger partial charge in [0.15, 0.2) is 0 Å². The SMILES string of the molecule is CNC(=O)c1ccc(N)c(OCCCc2ccncc2)c1. The average Bonchev–Trinajstić information content (AvgIpc) is 2.53. The molecule has 1 aromatic heterocycles. The first kappa shape index (κ1) is 14.8. The molecule has 5 heteroatoms. The van der Waals surface area contributed by atoms with Crippen LogP contribution in [-0.2, 0) is 6.42 Å². The molecule has 0 spiro atoms. The number of nitrogens with zero attached hydrogens (tertiary/aromatic N) is 1. The Balaban J connectivity index is 1.89. The summed E-state index contributed by atoms with van der Waals surface area (Å²) in [5, 5.41) is 2.58. The van der Waals surface area contributed by atoms with Crippen molar-refractivity contribution < 1.29 is 9.53 Å². The van der Waals surface area contributed by atoms with E-state index < -0.39 is 0 Å². The molecule has 0 saturated carbocycles. The van der Waals surface area contributed by atoms with Crippen LogP contribution in [0.2, 0.25) is 0 Å². The second-order valence-corrected chi connectivity index (χ2v) is 4.64. The third kappa shape index (κ3) is 4.21. The maximum atomic E-state index is 11.6. The number of carbonyl (C=O) groups is 1. The van der Waals surface area contributed by atoms with Gasteiger partial charge in [-0.1, -0.05) is 0 Å². The molecule has 0 aliphatic carbocycles. The topological polar surface area (TPSA) is 77.2 Å². The van der Waals surface area contributed by atoms with Crippen LogP contribution in [0.3, 0.4) is 0 Å². The molecule has 0 aliphatic heterocycles. The van der Waals surface area contributed by atoms with Crippen molar-refractivity contribution in [1.29, 1.82) is 0 Å². The highest BCUT2D eigenvalue weighted by atomic mass is 16.5. The quantitative estimate of drug-likeness (QED) is 0.629. The standard InChI is InChI=1S/C16H19N3O2/c1-18-16(20)13-4-5-14(17)15(11-13)21-10-2-3-12-6-8-19-9-7-12/h4-9,11H,2-3,10,17H2,1H3,(H,18,20). The van der Waals surface area contributed by atoms with Crippen LogP contribution < -0.4 is 15.8 Å². The number of nitrogens with one attached hydrogen (secondary N) is 1. The number of anilines is 1. The normalized spacial score (nSPS) is 10.1. The number of hydrogen-bond donors (Lipinski definition) is 2. The summed E-state index contributed by atoms with van der Waals surface area (Å²) in [5.74, 6) is 0.391. The van der Waals surface area contributed by atoms with Crippen LogP contribution in [0.25, 0.3) is 0 Å². The van der Waals surface area contributed by atoms with Gasteiger partial charge in [-0.25, -0.2) is 0 Å². The zero-order valence-corrected chi connectivity index (χ0v) is 12.0. The summed E-state index contributed by atoms with van der Waals surface area (Å²) < 4.78 is 5.67. The van der Waals surface area contributed by atoms with E-state index in [1.807, 2.05) is 12.1 Å². The first-order valence-electron chi connectivity index (χ1n) is 6.84. The fourth-order valence-electron chi connectivity index (χ4n) is 1.95.